The Kier molecular flexibility index (Phi) is 8.58. The maximum absolute atomic E-state index is 14.9. The zero-order valence-corrected chi connectivity index (χ0v) is 25.7. The number of likely N-dealkylation sites (N-methyl/N-ethyl adjacent to an activating group) is 1. The highest BCUT2D eigenvalue weighted by molar-refractivity contribution is 6.30. The van der Waals surface area contributed by atoms with Gasteiger partial charge in [-0.2, -0.15) is 0 Å². The van der Waals surface area contributed by atoms with E-state index in [4.69, 9.17) is 16.3 Å². The van der Waals surface area contributed by atoms with Crippen LogP contribution in [0.1, 0.15) is 25.8 Å². The van der Waals surface area contributed by atoms with Gasteiger partial charge < -0.3 is 24.5 Å². The summed E-state index contributed by atoms with van der Waals surface area (Å²) in [5.74, 6) is -2.71. The number of hydrogen-bond acceptors (Lipinski definition) is 5. The second-order valence-electron chi connectivity index (χ2n) is 12.2. The number of rotatable bonds is 11. The third-order valence-corrected chi connectivity index (χ3v) is 9.92. The van der Waals surface area contributed by atoms with Gasteiger partial charge in [0.15, 0.2) is 0 Å². The summed E-state index contributed by atoms with van der Waals surface area (Å²) < 4.78 is 6.90. The molecule has 43 heavy (non-hydrogen) atoms. The fraction of sp³-hybridized carbons (Fsp3) is 0.441. The molecule has 3 amide bonds. The molecule has 3 aliphatic heterocycles. The van der Waals surface area contributed by atoms with Gasteiger partial charge in [0, 0.05) is 30.8 Å². The second-order valence-corrected chi connectivity index (χ2v) is 12.6. The van der Waals surface area contributed by atoms with Gasteiger partial charge >= 0.3 is 0 Å². The van der Waals surface area contributed by atoms with Crippen LogP contribution in [0.25, 0.3) is 0 Å². The van der Waals surface area contributed by atoms with Gasteiger partial charge in [0.05, 0.1) is 30.1 Å². The highest BCUT2D eigenvalue weighted by Gasteiger charge is 2.80. The van der Waals surface area contributed by atoms with Gasteiger partial charge in [0.1, 0.15) is 11.6 Å². The first-order chi connectivity index (χ1) is 20.5. The van der Waals surface area contributed by atoms with Crippen LogP contribution in [0.5, 0.6) is 0 Å². The van der Waals surface area contributed by atoms with Crippen molar-refractivity contribution in [2.45, 2.75) is 50.0 Å². The predicted octanol–water partition coefficient (Wildman–Crippen LogP) is 4.12. The van der Waals surface area contributed by atoms with E-state index in [1.165, 1.54) is 4.90 Å². The van der Waals surface area contributed by atoms with E-state index < -0.39 is 35.1 Å². The Bertz CT molecular complexity index is 1400. The zero-order chi connectivity index (χ0) is 31.1. The average molecular weight is 606 g/mol. The highest BCUT2D eigenvalue weighted by Crippen LogP contribution is 2.65. The number of anilines is 1. The largest absolute Gasteiger partial charge is 0.394 e. The van der Waals surface area contributed by atoms with Crippen LogP contribution in [0.15, 0.2) is 79.9 Å². The number of aliphatic hydroxyl groups is 1. The van der Waals surface area contributed by atoms with Crippen LogP contribution in [0.4, 0.5) is 5.69 Å². The van der Waals surface area contributed by atoms with Crippen LogP contribution in [0, 0.1) is 17.8 Å². The van der Waals surface area contributed by atoms with E-state index in [1.807, 2.05) is 44.2 Å². The van der Waals surface area contributed by atoms with Gasteiger partial charge in [0.25, 0.3) is 5.91 Å². The lowest BCUT2D eigenvalue weighted by molar-refractivity contribution is -0.153. The van der Waals surface area contributed by atoms with Crippen molar-refractivity contribution in [1.29, 1.82) is 0 Å². The molecule has 0 aliphatic carbocycles. The maximum Gasteiger partial charge on any atom is 0.253 e. The molecule has 0 saturated carbocycles. The van der Waals surface area contributed by atoms with Gasteiger partial charge in [0.2, 0.25) is 11.8 Å². The molecule has 3 aliphatic rings. The van der Waals surface area contributed by atoms with E-state index in [2.05, 4.69) is 13.2 Å². The molecule has 1 spiro atoms. The molecule has 2 aromatic carbocycles. The molecule has 5 rings (SSSR count). The normalized spacial score (nSPS) is 29.7. The van der Waals surface area contributed by atoms with E-state index >= 15 is 0 Å². The third-order valence-electron chi connectivity index (χ3n) is 9.67. The van der Waals surface area contributed by atoms with Crippen molar-refractivity contribution in [2.24, 2.45) is 17.8 Å². The van der Waals surface area contributed by atoms with Gasteiger partial charge in [-0.3, -0.25) is 14.4 Å². The average Bonchev–Trinajstić information content (AvgIpc) is 3.51. The van der Waals surface area contributed by atoms with Crippen LogP contribution in [0.3, 0.4) is 0 Å². The Hall–Kier alpha value is -3.46. The van der Waals surface area contributed by atoms with Crippen LogP contribution in [0.2, 0.25) is 5.02 Å². The van der Waals surface area contributed by atoms with E-state index in [9.17, 15) is 19.5 Å². The fourth-order valence-corrected chi connectivity index (χ4v) is 7.73. The van der Waals surface area contributed by atoms with Crippen LogP contribution in [-0.2, 0) is 25.5 Å². The smallest absolute Gasteiger partial charge is 0.253 e. The monoisotopic (exact) mass is 605 g/mol. The number of nitrogens with zero attached hydrogens (tertiary/aromatic N) is 3. The molecule has 7 atom stereocenters. The first kappa shape index (κ1) is 31.0. The maximum atomic E-state index is 14.9. The summed E-state index contributed by atoms with van der Waals surface area (Å²) in [6.45, 7) is 11.7. The summed E-state index contributed by atoms with van der Waals surface area (Å²) in [7, 11) is 1.69. The quantitative estimate of drug-likeness (QED) is 0.389. The van der Waals surface area contributed by atoms with Crippen LogP contribution >= 0.6 is 11.6 Å². The summed E-state index contributed by atoms with van der Waals surface area (Å²) in [5, 5.41) is 11.3. The summed E-state index contributed by atoms with van der Waals surface area (Å²) in [6, 6.07) is 14.7. The summed E-state index contributed by atoms with van der Waals surface area (Å²) in [4.78, 5) is 48.3. The molecule has 3 heterocycles. The number of benzene rings is 2. The predicted molar refractivity (Wildman–Crippen MR) is 166 cm³/mol. The van der Waals surface area contributed by atoms with Crippen molar-refractivity contribution in [3.8, 4) is 0 Å². The minimum Gasteiger partial charge on any atom is -0.394 e. The SMILES string of the molecule is C=CCN(C)C(=O)[C@@H]1[C@H]2C(=O)N([C@@H](CO)Cc3ccccc3)C(C(=O)N(CC=C)c3ccc(Cl)cc3)C23CC(C)[C@@]1(C)O3. The molecule has 8 nitrogen and oxygen atoms in total. The lowest BCUT2D eigenvalue weighted by Gasteiger charge is -2.39. The second kappa shape index (κ2) is 11.9. The standard InChI is InChI=1S/C34H40ClN3O5/c1-6-17-36(5)30(40)27-28-31(41)38(26(21-39)19-23-11-9-8-10-12-23)29(34(28)20-22(3)33(27,4)43-34)32(42)37(18-7-2)25-15-13-24(35)14-16-25/h6-16,22,26-29,39H,1-2,17-21H2,3-5H3/t22?,26-,27+,28+,29?,33-,34?/m1/s1. The molecule has 9 heteroatoms. The number of fused-ring (bicyclic) bond motifs is 1. The first-order valence-corrected chi connectivity index (χ1v) is 15.1. The van der Waals surface area contributed by atoms with Crippen LogP contribution in [-0.4, -0.2) is 82.7 Å². The van der Waals surface area contributed by atoms with Crippen LogP contribution < -0.4 is 4.90 Å². The molecule has 3 unspecified atom stereocenters. The zero-order valence-electron chi connectivity index (χ0n) is 25.0. The van der Waals surface area contributed by atoms with E-state index in [1.54, 1.807) is 53.3 Å². The van der Waals surface area contributed by atoms with Gasteiger partial charge in [-0.25, -0.2) is 0 Å². The van der Waals surface area contributed by atoms with Gasteiger partial charge in [-0.15, -0.1) is 13.2 Å². The highest BCUT2D eigenvalue weighted by atomic mass is 35.5. The van der Waals surface area contributed by atoms with Crippen molar-refractivity contribution >= 4 is 35.0 Å². The number of aliphatic hydroxyl groups excluding tert-OH is 1. The molecule has 3 saturated heterocycles. The van der Waals surface area contributed by atoms with Crippen molar-refractivity contribution in [1.82, 2.24) is 9.80 Å². The van der Waals surface area contributed by atoms with Crippen molar-refractivity contribution in [3.63, 3.8) is 0 Å². The molecular formula is C34H40ClN3O5. The number of amides is 3. The topological polar surface area (TPSA) is 90.4 Å². The number of carbonyl (C=O) groups is 3. The Labute approximate surface area is 258 Å². The fourth-order valence-electron chi connectivity index (χ4n) is 7.60. The Morgan fingerprint density at radius 3 is 2.37 bits per heavy atom. The van der Waals surface area contributed by atoms with E-state index in [0.29, 0.717) is 30.1 Å². The summed E-state index contributed by atoms with van der Waals surface area (Å²) in [6.07, 6.45) is 4.03. The molecule has 2 aromatic rings. The Balaban J connectivity index is 1.66. The van der Waals surface area contributed by atoms with E-state index in [0.717, 1.165) is 5.56 Å². The molecule has 0 radical (unpaired) electrons. The Morgan fingerprint density at radius 2 is 1.77 bits per heavy atom. The molecule has 228 valence electrons. The van der Waals surface area contributed by atoms with Gasteiger partial charge in [-0.05, 0) is 55.5 Å². The van der Waals surface area contributed by atoms with Crippen molar-refractivity contribution in [2.75, 3.05) is 31.6 Å². The molecule has 1 N–H and O–H groups in total. The molecule has 2 bridgehead atoms. The lowest BCUT2D eigenvalue weighted by atomic mass is 9.62. The Morgan fingerprint density at radius 1 is 1.12 bits per heavy atom. The third kappa shape index (κ3) is 4.99. The summed E-state index contributed by atoms with van der Waals surface area (Å²) >= 11 is 6.16. The first-order valence-electron chi connectivity index (χ1n) is 14.7. The summed E-state index contributed by atoms with van der Waals surface area (Å²) in [5.41, 5.74) is -0.696. The molecular weight excluding hydrogens is 566 g/mol. The minimum absolute atomic E-state index is 0.108. The van der Waals surface area contributed by atoms with Crippen molar-refractivity contribution < 1.29 is 24.2 Å². The number of hydrogen-bond donors (Lipinski definition) is 1. The van der Waals surface area contributed by atoms with Gasteiger partial charge in [-0.1, -0.05) is 61.0 Å². The molecule has 3 fully saturated rings. The number of likely N-dealkylation sites (tertiary alicyclic amines) is 1. The minimum atomic E-state index is -1.26. The van der Waals surface area contributed by atoms with E-state index in [-0.39, 0.29) is 36.8 Å². The number of halogens is 1. The number of ether oxygens (including phenoxy) is 1. The number of carbonyl (C=O) groups excluding carboxylic acids is 3. The van der Waals surface area contributed by atoms with Crippen molar-refractivity contribution in [3.05, 3.63) is 90.5 Å². The lowest BCUT2D eigenvalue weighted by Crippen LogP contribution is -2.59. The molecule has 0 aromatic heterocycles.